The Bertz CT molecular complexity index is 413. The van der Waals surface area contributed by atoms with E-state index in [1.165, 1.54) is 0 Å². The molecule has 1 amide bonds. The number of hydrogen-bond donors (Lipinski definition) is 1. The van der Waals surface area contributed by atoms with E-state index in [1.807, 2.05) is 30.3 Å². The third-order valence-corrected chi connectivity index (χ3v) is 2.80. The summed E-state index contributed by atoms with van der Waals surface area (Å²) >= 11 is 0. The fourth-order valence-corrected chi connectivity index (χ4v) is 1.79. The number of nitrogens with zero attached hydrogens (tertiary/aromatic N) is 1. The molecule has 1 rings (SSSR count). The molecule has 1 unspecified atom stereocenters. The first kappa shape index (κ1) is 14.2. The molecule has 3 heteroatoms. The summed E-state index contributed by atoms with van der Waals surface area (Å²) in [6.45, 7) is 9.95. The lowest BCUT2D eigenvalue weighted by Gasteiger charge is -2.31. The van der Waals surface area contributed by atoms with Crippen LogP contribution in [-0.4, -0.2) is 23.9 Å². The van der Waals surface area contributed by atoms with E-state index < -0.39 is 5.54 Å². The molecule has 0 radical (unpaired) electrons. The van der Waals surface area contributed by atoms with Crippen LogP contribution in [-0.2, 0) is 10.3 Å². The van der Waals surface area contributed by atoms with Gasteiger partial charge in [-0.25, -0.2) is 0 Å². The minimum Gasteiger partial charge on any atom is -0.333 e. The van der Waals surface area contributed by atoms with Gasteiger partial charge in [-0.2, -0.15) is 0 Å². The van der Waals surface area contributed by atoms with Crippen molar-refractivity contribution in [2.45, 2.75) is 12.5 Å². The number of carbonyl (C=O) groups excluding carboxylic acids is 1. The van der Waals surface area contributed by atoms with E-state index in [0.29, 0.717) is 13.1 Å². The van der Waals surface area contributed by atoms with Crippen LogP contribution in [0, 0.1) is 0 Å². The Morgan fingerprint density at radius 2 is 1.78 bits per heavy atom. The number of nitrogens with two attached hydrogens (primary N) is 1. The Balaban J connectivity index is 2.99. The van der Waals surface area contributed by atoms with Gasteiger partial charge in [-0.05, 0) is 12.5 Å². The maximum Gasteiger partial charge on any atom is 0.247 e. The Morgan fingerprint density at radius 3 is 2.22 bits per heavy atom. The molecule has 0 aliphatic rings. The maximum atomic E-state index is 12.5. The summed E-state index contributed by atoms with van der Waals surface area (Å²) in [7, 11) is 0. The predicted molar refractivity (Wildman–Crippen MR) is 75.0 cm³/mol. The molecule has 3 nitrogen and oxygen atoms in total. The first-order valence-corrected chi connectivity index (χ1v) is 5.89. The summed E-state index contributed by atoms with van der Waals surface area (Å²) in [5.74, 6) is -0.131. The van der Waals surface area contributed by atoms with Gasteiger partial charge in [0.25, 0.3) is 0 Å². The van der Waals surface area contributed by atoms with Gasteiger partial charge in [0.15, 0.2) is 0 Å². The third-order valence-electron chi connectivity index (χ3n) is 2.80. The number of benzene rings is 1. The summed E-state index contributed by atoms with van der Waals surface area (Å²) in [4.78, 5) is 14.1. The highest BCUT2D eigenvalue weighted by Crippen LogP contribution is 2.20. The van der Waals surface area contributed by atoms with Crippen molar-refractivity contribution < 1.29 is 4.79 Å². The molecule has 0 bridgehead atoms. The van der Waals surface area contributed by atoms with Gasteiger partial charge in [-0.3, -0.25) is 4.79 Å². The van der Waals surface area contributed by atoms with E-state index in [9.17, 15) is 4.79 Å². The van der Waals surface area contributed by atoms with Crippen molar-refractivity contribution in [3.8, 4) is 0 Å². The van der Waals surface area contributed by atoms with Crippen LogP contribution in [0.1, 0.15) is 12.5 Å². The first-order valence-electron chi connectivity index (χ1n) is 5.89. The Kier molecular flexibility index (Phi) is 4.86. The fourth-order valence-electron chi connectivity index (χ4n) is 1.79. The molecule has 18 heavy (non-hydrogen) atoms. The third kappa shape index (κ3) is 3.08. The predicted octanol–water partition coefficient (Wildman–Crippen LogP) is 2.06. The monoisotopic (exact) mass is 244 g/mol. The van der Waals surface area contributed by atoms with Gasteiger partial charge < -0.3 is 10.6 Å². The van der Waals surface area contributed by atoms with Crippen molar-refractivity contribution in [1.82, 2.24) is 4.90 Å². The molecule has 0 aliphatic carbocycles. The summed E-state index contributed by atoms with van der Waals surface area (Å²) in [6, 6.07) is 9.36. The molecule has 1 atom stereocenters. The minimum absolute atomic E-state index is 0.131. The van der Waals surface area contributed by atoms with E-state index in [2.05, 4.69) is 13.2 Å². The Hall–Kier alpha value is -1.87. The normalized spacial score (nSPS) is 13.4. The average Bonchev–Trinajstić information content (AvgIpc) is 2.38. The molecule has 0 saturated heterocycles. The highest BCUT2D eigenvalue weighted by atomic mass is 16.2. The van der Waals surface area contributed by atoms with Crippen LogP contribution < -0.4 is 5.73 Å². The number of amides is 1. The summed E-state index contributed by atoms with van der Waals surface area (Å²) in [5.41, 5.74) is 5.95. The molecule has 0 aromatic heterocycles. The fraction of sp³-hybridized carbons (Fsp3) is 0.267. The van der Waals surface area contributed by atoms with Gasteiger partial charge in [-0.15, -0.1) is 13.2 Å². The number of carbonyl (C=O) groups is 1. The van der Waals surface area contributed by atoms with E-state index >= 15 is 0 Å². The maximum absolute atomic E-state index is 12.5. The van der Waals surface area contributed by atoms with Gasteiger partial charge in [0.2, 0.25) is 5.91 Å². The van der Waals surface area contributed by atoms with Crippen LogP contribution in [0.15, 0.2) is 55.6 Å². The average molecular weight is 244 g/mol. The molecule has 0 saturated carbocycles. The zero-order chi connectivity index (χ0) is 13.6. The van der Waals surface area contributed by atoms with Gasteiger partial charge >= 0.3 is 0 Å². The lowest BCUT2D eigenvalue weighted by atomic mass is 9.91. The largest absolute Gasteiger partial charge is 0.333 e. The summed E-state index contributed by atoms with van der Waals surface area (Å²) < 4.78 is 0. The van der Waals surface area contributed by atoms with Crippen molar-refractivity contribution in [3.05, 3.63) is 61.2 Å². The topological polar surface area (TPSA) is 46.3 Å². The van der Waals surface area contributed by atoms with E-state index in [1.54, 1.807) is 24.0 Å². The van der Waals surface area contributed by atoms with Crippen molar-refractivity contribution in [3.63, 3.8) is 0 Å². The standard InChI is InChI=1S/C15H20N2O/c1-4-11-17(12-5-2)14(18)15(3,16)13-9-7-6-8-10-13/h4-10H,1-2,11-12,16H2,3H3. The highest BCUT2D eigenvalue weighted by molar-refractivity contribution is 5.87. The van der Waals surface area contributed by atoms with Crippen LogP contribution in [0.3, 0.4) is 0 Å². The van der Waals surface area contributed by atoms with Gasteiger partial charge in [0.1, 0.15) is 5.54 Å². The molecule has 2 N–H and O–H groups in total. The SMILES string of the molecule is C=CCN(CC=C)C(=O)C(C)(N)c1ccccc1. The number of hydrogen-bond acceptors (Lipinski definition) is 2. The molecule has 0 spiro atoms. The molecule has 96 valence electrons. The Morgan fingerprint density at radius 1 is 1.28 bits per heavy atom. The quantitative estimate of drug-likeness (QED) is 0.779. The van der Waals surface area contributed by atoms with E-state index in [0.717, 1.165) is 5.56 Å². The van der Waals surface area contributed by atoms with Gasteiger partial charge in [0.05, 0.1) is 0 Å². The second-order valence-electron chi connectivity index (χ2n) is 4.36. The second-order valence-corrected chi connectivity index (χ2v) is 4.36. The molecular weight excluding hydrogens is 224 g/mol. The minimum atomic E-state index is -1.03. The Labute approximate surface area is 109 Å². The molecule has 0 aliphatic heterocycles. The zero-order valence-electron chi connectivity index (χ0n) is 10.8. The molecule has 1 aromatic rings. The van der Waals surface area contributed by atoms with Crippen LogP contribution in [0.2, 0.25) is 0 Å². The van der Waals surface area contributed by atoms with Crippen molar-refractivity contribution in [2.75, 3.05) is 13.1 Å². The van der Waals surface area contributed by atoms with Gasteiger partial charge in [0, 0.05) is 13.1 Å². The van der Waals surface area contributed by atoms with Crippen LogP contribution in [0.5, 0.6) is 0 Å². The smallest absolute Gasteiger partial charge is 0.247 e. The summed E-state index contributed by atoms with van der Waals surface area (Å²) in [6.07, 6.45) is 3.37. The molecular formula is C15H20N2O. The molecule has 0 heterocycles. The lowest BCUT2D eigenvalue weighted by Crippen LogP contribution is -2.51. The second kappa shape index (κ2) is 6.17. The summed E-state index contributed by atoms with van der Waals surface area (Å²) in [5, 5.41) is 0. The molecule has 0 fully saturated rings. The molecule has 1 aromatic carbocycles. The van der Waals surface area contributed by atoms with Gasteiger partial charge in [-0.1, -0.05) is 42.5 Å². The van der Waals surface area contributed by atoms with E-state index in [4.69, 9.17) is 5.73 Å². The lowest BCUT2D eigenvalue weighted by molar-refractivity contribution is -0.135. The van der Waals surface area contributed by atoms with Crippen molar-refractivity contribution >= 4 is 5.91 Å². The van der Waals surface area contributed by atoms with Crippen molar-refractivity contribution in [1.29, 1.82) is 0 Å². The van der Waals surface area contributed by atoms with Crippen LogP contribution in [0.25, 0.3) is 0 Å². The first-order chi connectivity index (χ1) is 8.54. The van der Waals surface area contributed by atoms with Crippen molar-refractivity contribution in [2.24, 2.45) is 5.73 Å². The van der Waals surface area contributed by atoms with E-state index in [-0.39, 0.29) is 5.91 Å². The highest BCUT2D eigenvalue weighted by Gasteiger charge is 2.33. The number of rotatable bonds is 6. The zero-order valence-corrected chi connectivity index (χ0v) is 10.8. The van der Waals surface area contributed by atoms with Crippen LogP contribution in [0.4, 0.5) is 0 Å². The van der Waals surface area contributed by atoms with Crippen LogP contribution >= 0.6 is 0 Å².